The Morgan fingerprint density at radius 3 is 2.42 bits per heavy atom. The Labute approximate surface area is 183 Å². The molecule has 3 rings (SSSR count). The highest BCUT2D eigenvalue weighted by Crippen LogP contribution is 2.22. The summed E-state index contributed by atoms with van der Waals surface area (Å²) in [4.78, 5) is 39.5. The van der Waals surface area contributed by atoms with E-state index in [1.807, 2.05) is 4.90 Å². The number of urea groups is 1. The first kappa shape index (κ1) is 23.0. The zero-order valence-corrected chi connectivity index (χ0v) is 18.3. The molecule has 0 spiro atoms. The van der Waals surface area contributed by atoms with Crippen LogP contribution in [-0.2, 0) is 4.79 Å². The normalized spacial score (nSPS) is 17.4. The summed E-state index contributed by atoms with van der Waals surface area (Å²) >= 11 is 0. The first-order valence-electron chi connectivity index (χ1n) is 11.3. The van der Waals surface area contributed by atoms with Crippen molar-refractivity contribution in [2.75, 3.05) is 37.6 Å². The SMILES string of the molecule is CC(=O)c1ccc(N2CCN(C(=O)CCCNC(=O)NC3CCCCC3)CC2)c(F)c1. The number of amides is 3. The minimum atomic E-state index is -0.412. The monoisotopic (exact) mass is 432 g/mol. The van der Waals surface area contributed by atoms with Gasteiger partial charge in [-0.1, -0.05) is 19.3 Å². The number of benzene rings is 1. The van der Waals surface area contributed by atoms with Crippen LogP contribution in [0.1, 0.15) is 62.2 Å². The molecule has 7 nitrogen and oxygen atoms in total. The number of anilines is 1. The van der Waals surface area contributed by atoms with E-state index in [1.54, 1.807) is 17.0 Å². The molecule has 2 N–H and O–H groups in total. The lowest BCUT2D eigenvalue weighted by Gasteiger charge is -2.36. The van der Waals surface area contributed by atoms with Gasteiger partial charge in [0.05, 0.1) is 5.69 Å². The molecule has 3 amide bonds. The standard InChI is InChI=1S/C23H33FN4O3/c1-17(29)18-9-10-21(20(24)16-18)27-12-14-28(15-13-27)22(30)8-5-11-25-23(31)26-19-6-3-2-4-7-19/h9-10,16,19H,2-8,11-15H2,1H3,(H2,25,26,31). The van der Waals surface area contributed by atoms with Crippen LogP contribution < -0.4 is 15.5 Å². The molecule has 0 radical (unpaired) electrons. The highest BCUT2D eigenvalue weighted by molar-refractivity contribution is 5.94. The molecule has 1 aromatic carbocycles. The van der Waals surface area contributed by atoms with E-state index in [1.165, 1.54) is 32.3 Å². The molecule has 8 heteroatoms. The average molecular weight is 433 g/mol. The maximum Gasteiger partial charge on any atom is 0.315 e. The molecule has 1 saturated heterocycles. The number of carbonyl (C=O) groups excluding carboxylic acids is 3. The summed E-state index contributed by atoms with van der Waals surface area (Å²) in [5.74, 6) is -0.520. The predicted molar refractivity (Wildman–Crippen MR) is 118 cm³/mol. The molecule has 0 unspecified atom stereocenters. The maximum absolute atomic E-state index is 14.4. The fourth-order valence-electron chi connectivity index (χ4n) is 4.26. The Morgan fingerprint density at radius 1 is 1.06 bits per heavy atom. The first-order valence-corrected chi connectivity index (χ1v) is 11.3. The van der Waals surface area contributed by atoms with Crippen molar-refractivity contribution < 1.29 is 18.8 Å². The Morgan fingerprint density at radius 2 is 1.77 bits per heavy atom. The van der Waals surface area contributed by atoms with Crippen molar-refractivity contribution in [3.05, 3.63) is 29.6 Å². The van der Waals surface area contributed by atoms with Crippen molar-refractivity contribution in [3.8, 4) is 0 Å². The van der Waals surface area contributed by atoms with Gasteiger partial charge in [0.2, 0.25) is 5.91 Å². The van der Waals surface area contributed by atoms with Crippen LogP contribution in [-0.4, -0.2) is 61.4 Å². The van der Waals surface area contributed by atoms with Gasteiger partial charge in [-0.05, 0) is 44.4 Å². The molecule has 1 aromatic rings. The first-order chi connectivity index (χ1) is 14.9. The van der Waals surface area contributed by atoms with Gasteiger partial charge in [0, 0.05) is 50.7 Å². The van der Waals surface area contributed by atoms with E-state index in [0.29, 0.717) is 56.8 Å². The van der Waals surface area contributed by atoms with Crippen molar-refractivity contribution in [1.29, 1.82) is 0 Å². The van der Waals surface area contributed by atoms with E-state index in [2.05, 4.69) is 10.6 Å². The largest absolute Gasteiger partial charge is 0.366 e. The van der Waals surface area contributed by atoms with Gasteiger partial charge >= 0.3 is 6.03 Å². The second kappa shape index (κ2) is 11.1. The van der Waals surface area contributed by atoms with Crippen LogP contribution in [0, 0.1) is 5.82 Å². The second-order valence-corrected chi connectivity index (χ2v) is 8.43. The fourth-order valence-corrected chi connectivity index (χ4v) is 4.26. The molecule has 1 heterocycles. The number of nitrogens with zero attached hydrogens (tertiary/aromatic N) is 2. The number of halogens is 1. The summed E-state index contributed by atoms with van der Waals surface area (Å²) in [5.41, 5.74) is 0.821. The molecule has 0 atom stereocenters. The van der Waals surface area contributed by atoms with Gasteiger partial charge in [0.15, 0.2) is 5.78 Å². The van der Waals surface area contributed by atoms with Crippen LogP contribution in [0.5, 0.6) is 0 Å². The lowest BCUT2D eigenvalue weighted by Crippen LogP contribution is -2.49. The molecule has 1 aliphatic heterocycles. The van der Waals surface area contributed by atoms with E-state index >= 15 is 0 Å². The molecule has 0 aromatic heterocycles. The topological polar surface area (TPSA) is 81.8 Å². The van der Waals surface area contributed by atoms with Gasteiger partial charge in [-0.15, -0.1) is 0 Å². The molecule has 1 saturated carbocycles. The average Bonchev–Trinajstić information content (AvgIpc) is 2.77. The molecular weight excluding hydrogens is 399 g/mol. The fraction of sp³-hybridized carbons (Fsp3) is 0.609. The molecule has 2 fully saturated rings. The van der Waals surface area contributed by atoms with Crippen molar-refractivity contribution >= 4 is 23.4 Å². The van der Waals surface area contributed by atoms with Gasteiger partial charge < -0.3 is 20.4 Å². The van der Waals surface area contributed by atoms with Gasteiger partial charge in [0.1, 0.15) is 5.82 Å². The summed E-state index contributed by atoms with van der Waals surface area (Å²) in [6.07, 6.45) is 6.65. The maximum atomic E-state index is 14.4. The van der Waals surface area contributed by atoms with Gasteiger partial charge in [-0.3, -0.25) is 9.59 Å². The summed E-state index contributed by atoms with van der Waals surface area (Å²) in [7, 11) is 0. The van der Waals surface area contributed by atoms with Crippen LogP contribution in [0.2, 0.25) is 0 Å². The third kappa shape index (κ3) is 6.67. The lowest BCUT2D eigenvalue weighted by atomic mass is 9.96. The van der Waals surface area contributed by atoms with Crippen LogP contribution in [0.25, 0.3) is 0 Å². The number of nitrogens with one attached hydrogen (secondary N) is 2. The molecule has 31 heavy (non-hydrogen) atoms. The van der Waals surface area contributed by atoms with Gasteiger partial charge in [-0.25, -0.2) is 9.18 Å². The Kier molecular flexibility index (Phi) is 8.26. The Balaban J connectivity index is 1.34. The lowest BCUT2D eigenvalue weighted by molar-refractivity contribution is -0.131. The predicted octanol–water partition coefficient (Wildman–Crippen LogP) is 3.09. The summed E-state index contributed by atoms with van der Waals surface area (Å²) in [5, 5.41) is 5.85. The van der Waals surface area contributed by atoms with Crippen molar-refractivity contribution in [2.45, 2.75) is 57.9 Å². The van der Waals surface area contributed by atoms with Crippen LogP contribution in [0.3, 0.4) is 0 Å². The molecule has 0 bridgehead atoms. The number of hydrogen-bond acceptors (Lipinski definition) is 4. The van der Waals surface area contributed by atoms with E-state index in [4.69, 9.17) is 0 Å². The van der Waals surface area contributed by atoms with E-state index < -0.39 is 5.82 Å². The third-order valence-electron chi connectivity index (χ3n) is 6.12. The highest BCUT2D eigenvalue weighted by atomic mass is 19.1. The molecule has 1 aliphatic carbocycles. The van der Waals surface area contributed by atoms with Gasteiger partial charge in [-0.2, -0.15) is 0 Å². The Hall–Kier alpha value is -2.64. The second-order valence-electron chi connectivity index (χ2n) is 8.43. The third-order valence-corrected chi connectivity index (χ3v) is 6.12. The van der Waals surface area contributed by atoms with E-state index in [9.17, 15) is 18.8 Å². The van der Waals surface area contributed by atoms with Crippen molar-refractivity contribution in [3.63, 3.8) is 0 Å². The summed E-state index contributed by atoms with van der Waals surface area (Å²) in [6.45, 7) is 4.04. The van der Waals surface area contributed by atoms with Crippen LogP contribution in [0.15, 0.2) is 18.2 Å². The molecule has 170 valence electrons. The number of piperazine rings is 1. The smallest absolute Gasteiger partial charge is 0.315 e. The van der Waals surface area contributed by atoms with Crippen molar-refractivity contribution in [1.82, 2.24) is 15.5 Å². The number of Topliss-reactive ketones (excluding diaryl/α,β-unsaturated/α-hetero) is 1. The quantitative estimate of drug-likeness (QED) is 0.513. The van der Waals surface area contributed by atoms with E-state index in [0.717, 1.165) is 12.8 Å². The van der Waals surface area contributed by atoms with Gasteiger partial charge in [0.25, 0.3) is 0 Å². The summed E-state index contributed by atoms with van der Waals surface area (Å²) in [6, 6.07) is 4.66. The van der Waals surface area contributed by atoms with Crippen LogP contribution >= 0.6 is 0 Å². The molecule has 2 aliphatic rings. The Bertz CT molecular complexity index is 787. The zero-order valence-electron chi connectivity index (χ0n) is 18.3. The highest BCUT2D eigenvalue weighted by Gasteiger charge is 2.23. The van der Waals surface area contributed by atoms with E-state index in [-0.39, 0.29) is 23.8 Å². The zero-order chi connectivity index (χ0) is 22.2. The minimum absolute atomic E-state index is 0.0570. The minimum Gasteiger partial charge on any atom is -0.366 e. The van der Waals surface area contributed by atoms with Crippen LogP contribution in [0.4, 0.5) is 14.9 Å². The van der Waals surface area contributed by atoms with Crippen molar-refractivity contribution in [2.24, 2.45) is 0 Å². The number of rotatable bonds is 7. The number of carbonyl (C=O) groups is 3. The number of ketones is 1. The summed E-state index contributed by atoms with van der Waals surface area (Å²) < 4.78 is 14.4. The molecular formula is C23H33FN4O3. The number of hydrogen-bond donors (Lipinski definition) is 2.